The monoisotopic (exact) mass is 307 g/mol. The molecule has 2 heterocycles. The summed E-state index contributed by atoms with van der Waals surface area (Å²) < 4.78 is 32.5. The van der Waals surface area contributed by atoms with Gasteiger partial charge in [-0.25, -0.2) is 13.1 Å². The molecule has 0 aliphatic carbocycles. The molecule has 0 saturated heterocycles. The van der Waals surface area contributed by atoms with E-state index in [1.807, 2.05) is 38.1 Å². The lowest BCUT2D eigenvalue weighted by atomic mass is 9.94. The van der Waals surface area contributed by atoms with Gasteiger partial charge in [-0.05, 0) is 32.4 Å². The quantitative estimate of drug-likeness (QED) is 0.908. The lowest BCUT2D eigenvalue weighted by molar-refractivity contribution is 0.413. The maximum atomic E-state index is 12.5. The molecule has 0 amide bonds. The van der Waals surface area contributed by atoms with E-state index in [2.05, 4.69) is 15.2 Å². The Balaban J connectivity index is 2.00. The molecule has 6 nitrogen and oxygen atoms in total. The molecule has 3 rings (SSSR count). The number of hydrogen-bond donors (Lipinski definition) is 2. The molecule has 0 fully saturated rings. The maximum Gasteiger partial charge on any atom is 0.246 e. The van der Waals surface area contributed by atoms with Crippen molar-refractivity contribution in [1.82, 2.24) is 9.88 Å². The van der Waals surface area contributed by atoms with Crippen LogP contribution < -0.4 is 10.0 Å². The fraction of sp³-hybridized carbons (Fsp3) is 0.357. The Morgan fingerprint density at radius 2 is 2.05 bits per heavy atom. The molecular weight excluding hydrogens is 290 g/mol. The second kappa shape index (κ2) is 4.57. The number of para-hydroxylation sites is 1. The van der Waals surface area contributed by atoms with E-state index in [1.54, 1.807) is 6.92 Å². The van der Waals surface area contributed by atoms with Crippen molar-refractivity contribution < 1.29 is 12.9 Å². The van der Waals surface area contributed by atoms with Crippen LogP contribution in [0.1, 0.15) is 31.1 Å². The normalized spacial score (nSPS) is 20.0. The highest BCUT2D eigenvalue weighted by atomic mass is 32.2. The molecule has 1 aliphatic rings. The van der Waals surface area contributed by atoms with Crippen LogP contribution in [0.3, 0.4) is 0 Å². The summed E-state index contributed by atoms with van der Waals surface area (Å²) in [6.45, 7) is 5.52. The van der Waals surface area contributed by atoms with Gasteiger partial charge in [-0.15, -0.1) is 0 Å². The number of sulfonamides is 1. The van der Waals surface area contributed by atoms with Gasteiger partial charge in [0.1, 0.15) is 16.9 Å². The van der Waals surface area contributed by atoms with Crippen LogP contribution in [0, 0.1) is 6.92 Å². The first-order valence-electron chi connectivity index (χ1n) is 6.62. The number of fused-ring (bicyclic) bond motifs is 1. The molecule has 0 saturated carbocycles. The highest BCUT2D eigenvalue weighted by Crippen LogP contribution is 2.41. The van der Waals surface area contributed by atoms with Crippen molar-refractivity contribution in [2.45, 2.75) is 37.2 Å². The number of anilines is 1. The average molecular weight is 307 g/mol. The molecule has 0 spiro atoms. The van der Waals surface area contributed by atoms with Crippen molar-refractivity contribution in [2.75, 3.05) is 5.32 Å². The third-order valence-electron chi connectivity index (χ3n) is 3.72. The number of rotatable bonds is 3. The minimum Gasteiger partial charge on any atom is -0.378 e. The summed E-state index contributed by atoms with van der Waals surface area (Å²) in [5, 5.41) is 6.97. The zero-order chi connectivity index (χ0) is 15.3. The van der Waals surface area contributed by atoms with E-state index in [0.29, 0.717) is 5.69 Å². The first-order valence-corrected chi connectivity index (χ1v) is 8.10. The predicted molar refractivity (Wildman–Crippen MR) is 78.4 cm³/mol. The Labute approximate surface area is 123 Å². The van der Waals surface area contributed by atoms with Crippen LogP contribution in [0.25, 0.3) is 0 Å². The summed E-state index contributed by atoms with van der Waals surface area (Å²) in [7, 11) is -3.69. The van der Waals surface area contributed by atoms with Crippen molar-refractivity contribution in [3.05, 3.63) is 41.8 Å². The molecule has 0 radical (unpaired) electrons. The molecule has 1 unspecified atom stereocenters. The number of hydrogen-bond acceptors (Lipinski definition) is 5. The van der Waals surface area contributed by atoms with Crippen LogP contribution >= 0.6 is 0 Å². The van der Waals surface area contributed by atoms with Crippen LogP contribution in [0.15, 0.2) is 39.9 Å². The van der Waals surface area contributed by atoms with E-state index in [9.17, 15) is 8.42 Å². The van der Waals surface area contributed by atoms with Crippen molar-refractivity contribution >= 4 is 15.7 Å². The fourth-order valence-electron chi connectivity index (χ4n) is 2.64. The van der Waals surface area contributed by atoms with E-state index < -0.39 is 15.6 Å². The van der Waals surface area contributed by atoms with Crippen LogP contribution in [-0.2, 0) is 10.0 Å². The van der Waals surface area contributed by atoms with E-state index in [4.69, 9.17) is 4.52 Å². The number of nitrogens with zero attached hydrogens (tertiary/aromatic N) is 1. The summed E-state index contributed by atoms with van der Waals surface area (Å²) in [6.07, 6.45) is 1.15. The third kappa shape index (κ3) is 2.32. The smallest absolute Gasteiger partial charge is 0.246 e. The third-order valence-corrected chi connectivity index (χ3v) is 5.24. The zero-order valence-corrected chi connectivity index (χ0v) is 12.9. The van der Waals surface area contributed by atoms with Gasteiger partial charge < -0.3 is 9.84 Å². The largest absolute Gasteiger partial charge is 0.378 e. The van der Waals surface area contributed by atoms with Gasteiger partial charge in [-0.1, -0.05) is 23.4 Å². The minimum atomic E-state index is -3.69. The van der Waals surface area contributed by atoms with Crippen molar-refractivity contribution in [2.24, 2.45) is 0 Å². The van der Waals surface area contributed by atoms with Crippen molar-refractivity contribution in [3.8, 4) is 0 Å². The Hall–Kier alpha value is -1.86. The van der Waals surface area contributed by atoms with Crippen LogP contribution in [-0.4, -0.2) is 19.1 Å². The SMILES string of the molecule is Cc1nocc1S(=O)(=O)NC1c2ccccc2NC1(C)C. The fourth-order valence-corrected chi connectivity index (χ4v) is 4.10. The molecule has 2 N–H and O–H groups in total. The van der Waals surface area contributed by atoms with Crippen molar-refractivity contribution in [1.29, 1.82) is 0 Å². The molecule has 21 heavy (non-hydrogen) atoms. The van der Waals surface area contributed by atoms with E-state index in [1.165, 1.54) is 0 Å². The van der Waals surface area contributed by atoms with Gasteiger partial charge in [0.05, 0.1) is 11.6 Å². The Morgan fingerprint density at radius 1 is 1.33 bits per heavy atom. The topological polar surface area (TPSA) is 84.2 Å². The molecular formula is C14H17N3O3S. The molecule has 2 aromatic rings. The van der Waals surface area contributed by atoms with E-state index >= 15 is 0 Å². The minimum absolute atomic E-state index is 0.0719. The summed E-state index contributed by atoms with van der Waals surface area (Å²) in [5.74, 6) is 0. The van der Waals surface area contributed by atoms with E-state index in [0.717, 1.165) is 17.5 Å². The highest BCUT2D eigenvalue weighted by Gasteiger charge is 2.41. The first kappa shape index (κ1) is 14.1. The molecule has 1 aromatic carbocycles. The van der Waals surface area contributed by atoms with Gasteiger partial charge in [0.15, 0.2) is 0 Å². The summed E-state index contributed by atoms with van der Waals surface area (Å²) in [4.78, 5) is 0.0719. The number of benzene rings is 1. The van der Waals surface area contributed by atoms with Gasteiger partial charge >= 0.3 is 0 Å². The Bertz CT molecular complexity index is 780. The zero-order valence-electron chi connectivity index (χ0n) is 12.0. The molecule has 7 heteroatoms. The number of nitrogens with one attached hydrogen (secondary N) is 2. The second-order valence-electron chi connectivity index (χ2n) is 5.75. The first-order chi connectivity index (χ1) is 9.81. The number of aromatic nitrogens is 1. The van der Waals surface area contributed by atoms with Crippen LogP contribution in [0.4, 0.5) is 5.69 Å². The number of aryl methyl sites for hydroxylation is 1. The Kier molecular flexibility index (Phi) is 3.07. The summed E-state index contributed by atoms with van der Waals surface area (Å²) >= 11 is 0. The van der Waals surface area contributed by atoms with Crippen LogP contribution in [0.2, 0.25) is 0 Å². The standard InChI is InChI=1S/C14H17N3O3S/c1-9-12(8-20-16-9)21(18,19)17-13-10-6-4-5-7-11(10)15-14(13,2)3/h4-8,13,15,17H,1-3H3. The van der Waals surface area contributed by atoms with Gasteiger partial charge in [0.25, 0.3) is 0 Å². The molecule has 1 atom stereocenters. The van der Waals surface area contributed by atoms with E-state index in [-0.39, 0.29) is 10.9 Å². The summed E-state index contributed by atoms with van der Waals surface area (Å²) in [5.41, 5.74) is 1.79. The second-order valence-corrected chi connectivity index (χ2v) is 7.43. The summed E-state index contributed by atoms with van der Waals surface area (Å²) in [6, 6.07) is 7.31. The predicted octanol–water partition coefficient (Wildman–Crippen LogP) is 2.21. The van der Waals surface area contributed by atoms with Gasteiger partial charge in [-0.2, -0.15) is 0 Å². The molecule has 1 aromatic heterocycles. The highest BCUT2D eigenvalue weighted by molar-refractivity contribution is 7.89. The van der Waals surface area contributed by atoms with Gasteiger partial charge in [0, 0.05) is 5.69 Å². The van der Waals surface area contributed by atoms with Crippen LogP contribution in [0.5, 0.6) is 0 Å². The molecule has 1 aliphatic heterocycles. The Morgan fingerprint density at radius 3 is 2.71 bits per heavy atom. The lowest BCUT2D eigenvalue weighted by Crippen LogP contribution is -2.42. The molecule has 112 valence electrons. The van der Waals surface area contributed by atoms with Gasteiger partial charge in [0.2, 0.25) is 10.0 Å². The van der Waals surface area contributed by atoms with Crippen molar-refractivity contribution in [3.63, 3.8) is 0 Å². The molecule has 0 bridgehead atoms. The average Bonchev–Trinajstić information content (AvgIpc) is 2.92. The maximum absolute atomic E-state index is 12.5. The van der Waals surface area contributed by atoms with Gasteiger partial charge in [-0.3, -0.25) is 0 Å². The lowest BCUT2D eigenvalue weighted by Gasteiger charge is -2.28.